The van der Waals surface area contributed by atoms with Crippen LogP contribution in [0.2, 0.25) is 0 Å². The van der Waals surface area contributed by atoms with Crippen LogP contribution < -0.4 is 10.5 Å². The highest BCUT2D eigenvalue weighted by molar-refractivity contribution is 5.85. The fraction of sp³-hybridized carbons (Fsp3) is 0.222. The quantitative estimate of drug-likeness (QED) is 0.690. The lowest BCUT2D eigenvalue weighted by atomic mass is 9.83. The summed E-state index contributed by atoms with van der Waals surface area (Å²) in [5.41, 5.74) is 10.4. The third-order valence-corrected chi connectivity index (χ3v) is 4.45. The summed E-state index contributed by atoms with van der Waals surface area (Å²) in [6, 6.07) is 10.3. The van der Waals surface area contributed by atoms with Gasteiger partial charge in [-0.3, -0.25) is 5.10 Å². The number of aromatic nitrogens is 3. The Morgan fingerprint density at radius 1 is 1.38 bits per heavy atom. The van der Waals surface area contributed by atoms with Crippen molar-refractivity contribution in [2.24, 2.45) is 5.73 Å². The van der Waals surface area contributed by atoms with Gasteiger partial charge in [-0.25, -0.2) is 0 Å². The molecule has 1 aliphatic rings. The molecule has 2 aromatic heterocycles. The van der Waals surface area contributed by atoms with Crippen molar-refractivity contribution in [3.05, 3.63) is 58.7 Å². The number of hydrogen-bond donors (Lipinski definition) is 3. The molecule has 0 fully saturated rings. The van der Waals surface area contributed by atoms with Crippen LogP contribution in [-0.4, -0.2) is 15.2 Å². The van der Waals surface area contributed by atoms with E-state index in [4.69, 9.17) is 10.5 Å². The summed E-state index contributed by atoms with van der Waals surface area (Å²) < 4.78 is 5.58. The average molecular weight is 319 g/mol. The van der Waals surface area contributed by atoms with Gasteiger partial charge in [-0.1, -0.05) is 31.5 Å². The van der Waals surface area contributed by atoms with E-state index in [9.17, 15) is 5.26 Å². The number of hydrogen-bond acceptors (Lipinski definition) is 4. The summed E-state index contributed by atoms with van der Waals surface area (Å²) in [7, 11) is 0. The summed E-state index contributed by atoms with van der Waals surface area (Å²) in [4.78, 5) is 3.28. The third kappa shape index (κ3) is 1.98. The first-order valence-corrected chi connectivity index (χ1v) is 7.95. The van der Waals surface area contributed by atoms with Gasteiger partial charge in [0.05, 0.1) is 11.5 Å². The molecule has 0 bridgehead atoms. The predicted molar refractivity (Wildman–Crippen MR) is 90.2 cm³/mol. The highest BCUT2D eigenvalue weighted by atomic mass is 16.5. The van der Waals surface area contributed by atoms with Gasteiger partial charge in [0.15, 0.2) is 0 Å². The second-order valence-electron chi connectivity index (χ2n) is 5.89. The van der Waals surface area contributed by atoms with E-state index in [1.54, 1.807) is 0 Å². The van der Waals surface area contributed by atoms with Gasteiger partial charge in [-0.15, -0.1) is 5.10 Å². The van der Waals surface area contributed by atoms with E-state index in [0.29, 0.717) is 11.5 Å². The third-order valence-electron chi connectivity index (χ3n) is 4.45. The number of para-hydroxylation sites is 1. The number of H-pyrrole nitrogens is 2. The van der Waals surface area contributed by atoms with Crippen molar-refractivity contribution in [2.45, 2.75) is 25.7 Å². The molecule has 6 nitrogen and oxygen atoms in total. The van der Waals surface area contributed by atoms with Gasteiger partial charge in [-0.05, 0) is 18.1 Å². The van der Waals surface area contributed by atoms with Crippen molar-refractivity contribution in [2.75, 3.05) is 0 Å². The fourth-order valence-corrected chi connectivity index (χ4v) is 3.39. The minimum atomic E-state index is -0.282. The molecule has 3 aromatic rings. The number of nitriles is 1. The number of nitrogens with zero attached hydrogens (tertiary/aromatic N) is 2. The van der Waals surface area contributed by atoms with Gasteiger partial charge < -0.3 is 15.5 Å². The molecule has 0 saturated carbocycles. The molecule has 0 aliphatic carbocycles. The summed E-state index contributed by atoms with van der Waals surface area (Å²) in [6.07, 6.45) is 3.75. The van der Waals surface area contributed by atoms with Crippen LogP contribution in [0.1, 0.15) is 36.1 Å². The fourth-order valence-electron chi connectivity index (χ4n) is 3.39. The standard InChI is InChI=1S/C18H17N5O/c1-2-5-14-16-15(11(8-19)17(20)24-18(16)23-22-14)12-9-21-13-7-4-3-6-10(12)13/h3-4,6-7,9,15,21H,2,5,20H2,1H3,(H,22,23)/t15-/m0/s1. The topological polar surface area (TPSA) is 104 Å². The van der Waals surface area contributed by atoms with Gasteiger partial charge in [0, 0.05) is 22.8 Å². The molecule has 0 unspecified atom stereocenters. The van der Waals surface area contributed by atoms with Crippen molar-refractivity contribution in [1.29, 1.82) is 5.26 Å². The Kier molecular flexibility index (Phi) is 3.28. The molecule has 1 aromatic carbocycles. The molecule has 1 aliphatic heterocycles. The number of nitrogens with two attached hydrogens (primary N) is 1. The van der Waals surface area contributed by atoms with E-state index in [-0.39, 0.29) is 11.8 Å². The summed E-state index contributed by atoms with van der Waals surface area (Å²) in [6.45, 7) is 2.10. The molecule has 4 rings (SSSR count). The summed E-state index contributed by atoms with van der Waals surface area (Å²) in [5.74, 6) is 0.301. The first-order valence-electron chi connectivity index (χ1n) is 7.95. The molecule has 0 spiro atoms. The van der Waals surface area contributed by atoms with Gasteiger partial charge >= 0.3 is 0 Å². The van der Waals surface area contributed by atoms with Crippen LogP contribution in [0.4, 0.5) is 0 Å². The van der Waals surface area contributed by atoms with Crippen molar-refractivity contribution in [3.8, 4) is 11.9 Å². The minimum absolute atomic E-state index is 0.120. The van der Waals surface area contributed by atoms with E-state index in [0.717, 1.165) is 40.6 Å². The zero-order valence-corrected chi connectivity index (χ0v) is 13.3. The molecular formula is C18H17N5O. The molecule has 0 amide bonds. The van der Waals surface area contributed by atoms with E-state index in [2.05, 4.69) is 28.2 Å². The lowest BCUT2D eigenvalue weighted by Gasteiger charge is -2.23. The van der Waals surface area contributed by atoms with Gasteiger partial charge in [0.2, 0.25) is 11.8 Å². The Bertz CT molecular complexity index is 988. The number of fused-ring (bicyclic) bond motifs is 2. The van der Waals surface area contributed by atoms with Gasteiger partial charge in [-0.2, -0.15) is 5.26 Å². The Morgan fingerprint density at radius 2 is 2.21 bits per heavy atom. The summed E-state index contributed by atoms with van der Waals surface area (Å²) >= 11 is 0. The lowest BCUT2D eigenvalue weighted by Crippen LogP contribution is -2.21. The maximum absolute atomic E-state index is 9.68. The first kappa shape index (κ1) is 14.4. The number of ether oxygens (including phenoxy) is 1. The van der Waals surface area contributed by atoms with E-state index >= 15 is 0 Å². The number of nitrogens with one attached hydrogen (secondary N) is 2. The summed E-state index contributed by atoms with van der Waals surface area (Å²) in [5, 5.41) is 18.0. The molecule has 0 radical (unpaired) electrons. The number of aromatic amines is 2. The van der Waals surface area contributed by atoms with Crippen LogP contribution in [0.5, 0.6) is 5.88 Å². The molecule has 1 atom stereocenters. The second kappa shape index (κ2) is 5.46. The maximum atomic E-state index is 9.68. The molecule has 4 N–H and O–H groups in total. The highest BCUT2D eigenvalue weighted by Crippen LogP contribution is 2.44. The number of benzene rings is 1. The Morgan fingerprint density at radius 3 is 3.00 bits per heavy atom. The van der Waals surface area contributed by atoms with Crippen LogP contribution in [0.3, 0.4) is 0 Å². The van der Waals surface area contributed by atoms with Crippen LogP contribution in [0, 0.1) is 11.3 Å². The van der Waals surface area contributed by atoms with E-state index in [1.807, 2.05) is 30.5 Å². The number of allylic oxidation sites excluding steroid dienone is 1. The monoisotopic (exact) mass is 319 g/mol. The van der Waals surface area contributed by atoms with Crippen molar-refractivity contribution < 1.29 is 4.74 Å². The molecule has 3 heterocycles. The van der Waals surface area contributed by atoms with Crippen molar-refractivity contribution in [1.82, 2.24) is 15.2 Å². The average Bonchev–Trinajstić information content (AvgIpc) is 3.18. The SMILES string of the molecule is CCCc1[nH]nc2c1[C@H](c1c[nH]c3ccccc13)C(C#N)=C(N)O2. The zero-order valence-electron chi connectivity index (χ0n) is 13.3. The highest BCUT2D eigenvalue weighted by Gasteiger charge is 2.36. The van der Waals surface area contributed by atoms with Crippen molar-refractivity contribution in [3.63, 3.8) is 0 Å². The molecule has 6 heteroatoms. The molecular weight excluding hydrogens is 302 g/mol. The van der Waals surface area contributed by atoms with Gasteiger partial charge in [0.25, 0.3) is 0 Å². The Labute approximate surface area is 138 Å². The lowest BCUT2D eigenvalue weighted by molar-refractivity contribution is 0.379. The predicted octanol–water partition coefficient (Wildman–Crippen LogP) is 3.06. The number of aryl methyl sites for hydroxylation is 1. The Hall–Kier alpha value is -3.20. The van der Waals surface area contributed by atoms with Gasteiger partial charge in [0.1, 0.15) is 11.6 Å². The van der Waals surface area contributed by atoms with Crippen molar-refractivity contribution >= 4 is 10.9 Å². The number of rotatable bonds is 3. The van der Waals surface area contributed by atoms with Crippen LogP contribution >= 0.6 is 0 Å². The van der Waals surface area contributed by atoms with E-state index in [1.165, 1.54) is 0 Å². The molecule has 0 saturated heterocycles. The van der Waals surface area contributed by atoms with Crippen LogP contribution in [-0.2, 0) is 6.42 Å². The minimum Gasteiger partial charge on any atom is -0.420 e. The Balaban J connectivity index is 1.98. The largest absolute Gasteiger partial charge is 0.420 e. The maximum Gasteiger partial charge on any atom is 0.244 e. The smallest absolute Gasteiger partial charge is 0.244 e. The van der Waals surface area contributed by atoms with E-state index < -0.39 is 0 Å². The molecule has 120 valence electrons. The van der Waals surface area contributed by atoms with Crippen LogP contribution in [0.15, 0.2) is 41.9 Å². The zero-order chi connectivity index (χ0) is 16.7. The normalized spacial score (nSPS) is 16.8. The second-order valence-corrected chi connectivity index (χ2v) is 5.89. The first-order chi connectivity index (χ1) is 11.7. The van der Waals surface area contributed by atoms with Crippen LogP contribution in [0.25, 0.3) is 10.9 Å². The molecule has 24 heavy (non-hydrogen) atoms.